The van der Waals surface area contributed by atoms with Gasteiger partial charge in [-0.05, 0) is 18.9 Å². The van der Waals surface area contributed by atoms with E-state index in [-0.39, 0.29) is 6.10 Å². The zero-order chi connectivity index (χ0) is 7.72. The van der Waals surface area contributed by atoms with E-state index in [1.165, 1.54) is 0 Å². The van der Waals surface area contributed by atoms with Crippen LogP contribution in [-0.4, -0.2) is 28.7 Å². The van der Waals surface area contributed by atoms with Crippen molar-refractivity contribution in [2.24, 2.45) is 0 Å². The lowest BCUT2D eigenvalue weighted by Crippen LogP contribution is -2.38. The Morgan fingerprint density at radius 3 is 2.70 bits per heavy atom. The molecule has 10 heavy (non-hydrogen) atoms. The third-order valence-corrected chi connectivity index (χ3v) is 1.61. The van der Waals surface area contributed by atoms with Gasteiger partial charge in [0.15, 0.2) is 6.29 Å². The van der Waals surface area contributed by atoms with Crippen LogP contribution >= 0.6 is 0 Å². The highest BCUT2D eigenvalue weighted by molar-refractivity contribution is 5.06. The Bertz CT molecular complexity index is 144. The maximum absolute atomic E-state index is 9.09. The number of hydrogen-bond donors (Lipinski definition) is 2. The fraction of sp³-hybridized carbons (Fsp3) is 0.714. The summed E-state index contributed by atoms with van der Waals surface area (Å²) in [7, 11) is 0. The largest absolute Gasteiger partial charge is 0.383 e. The van der Waals surface area contributed by atoms with E-state index < -0.39 is 12.4 Å². The quantitative estimate of drug-likeness (QED) is 0.471. The summed E-state index contributed by atoms with van der Waals surface area (Å²) in [4.78, 5) is 0. The van der Waals surface area contributed by atoms with E-state index >= 15 is 0 Å². The summed E-state index contributed by atoms with van der Waals surface area (Å²) in [6.45, 7) is 5.44. The molecule has 0 aromatic rings. The average molecular weight is 144 g/mol. The highest BCUT2D eigenvalue weighted by Gasteiger charge is 2.28. The molecule has 1 heterocycles. The van der Waals surface area contributed by atoms with E-state index in [2.05, 4.69) is 6.58 Å². The Morgan fingerprint density at radius 2 is 2.20 bits per heavy atom. The molecule has 58 valence electrons. The summed E-state index contributed by atoms with van der Waals surface area (Å²) in [6, 6.07) is 0. The van der Waals surface area contributed by atoms with Gasteiger partial charge in [-0.1, -0.05) is 6.58 Å². The molecule has 1 fully saturated rings. The average Bonchev–Trinajstić information content (AvgIpc) is 1.82. The van der Waals surface area contributed by atoms with Crippen molar-refractivity contribution >= 4 is 0 Å². The predicted molar refractivity (Wildman–Crippen MR) is 36.3 cm³/mol. The van der Waals surface area contributed by atoms with Gasteiger partial charge in [0, 0.05) is 0 Å². The van der Waals surface area contributed by atoms with Crippen molar-refractivity contribution < 1.29 is 14.9 Å². The first-order valence-electron chi connectivity index (χ1n) is 3.30. The lowest BCUT2D eigenvalue weighted by Gasteiger charge is -2.30. The minimum Gasteiger partial charge on any atom is -0.383 e. The van der Waals surface area contributed by atoms with Gasteiger partial charge in [0.05, 0.1) is 6.10 Å². The van der Waals surface area contributed by atoms with Crippen LogP contribution in [0.25, 0.3) is 0 Å². The van der Waals surface area contributed by atoms with Gasteiger partial charge in [0.1, 0.15) is 6.10 Å². The van der Waals surface area contributed by atoms with Gasteiger partial charge >= 0.3 is 0 Å². The number of hydrogen-bond acceptors (Lipinski definition) is 3. The molecule has 1 aliphatic rings. The Balaban J connectivity index is 2.57. The van der Waals surface area contributed by atoms with Crippen LogP contribution < -0.4 is 0 Å². The Hall–Kier alpha value is -0.380. The molecule has 2 N–H and O–H groups in total. The normalized spacial score (nSPS) is 41.9. The zero-order valence-electron chi connectivity index (χ0n) is 5.95. The third kappa shape index (κ3) is 1.37. The maximum atomic E-state index is 9.09. The second-order valence-electron chi connectivity index (χ2n) is 2.64. The smallest absolute Gasteiger partial charge is 0.185 e. The Labute approximate surface area is 59.9 Å². The fourth-order valence-electron chi connectivity index (χ4n) is 1.05. The molecule has 0 aromatic heterocycles. The van der Waals surface area contributed by atoms with Crippen molar-refractivity contribution in [3.8, 4) is 0 Å². The molecule has 3 nitrogen and oxygen atoms in total. The topological polar surface area (TPSA) is 49.7 Å². The monoisotopic (exact) mass is 144 g/mol. The van der Waals surface area contributed by atoms with Crippen molar-refractivity contribution in [3.63, 3.8) is 0 Å². The van der Waals surface area contributed by atoms with Gasteiger partial charge in [-0.25, -0.2) is 0 Å². The predicted octanol–water partition coefficient (Wildman–Crippen LogP) is 0.0307. The molecule has 0 amide bonds. The molecular formula is C7H12O3. The van der Waals surface area contributed by atoms with Gasteiger partial charge in [0.25, 0.3) is 0 Å². The first-order chi connectivity index (χ1) is 4.61. The number of aliphatic hydroxyl groups excluding tert-OH is 2. The number of ether oxygens (including phenoxy) is 1. The number of aliphatic hydroxyl groups is 2. The van der Waals surface area contributed by atoms with Crippen molar-refractivity contribution in [2.45, 2.75) is 31.8 Å². The maximum Gasteiger partial charge on any atom is 0.185 e. The van der Waals surface area contributed by atoms with E-state index in [4.69, 9.17) is 14.9 Å². The SMILES string of the molecule is C=C1CC(C)OC(O)[C@@H]1O. The Morgan fingerprint density at radius 1 is 1.60 bits per heavy atom. The van der Waals surface area contributed by atoms with E-state index in [0.29, 0.717) is 12.0 Å². The second-order valence-corrected chi connectivity index (χ2v) is 2.64. The van der Waals surface area contributed by atoms with Crippen LogP contribution in [-0.2, 0) is 4.74 Å². The molecule has 1 saturated heterocycles. The molecule has 0 aliphatic carbocycles. The van der Waals surface area contributed by atoms with Crippen LogP contribution in [0.2, 0.25) is 0 Å². The Kier molecular flexibility index (Phi) is 2.08. The summed E-state index contributed by atoms with van der Waals surface area (Å²) in [5, 5.41) is 18.1. The minimum absolute atomic E-state index is 0.0362. The molecule has 0 aromatic carbocycles. The van der Waals surface area contributed by atoms with Crippen LogP contribution in [0.4, 0.5) is 0 Å². The molecule has 1 aliphatic heterocycles. The van der Waals surface area contributed by atoms with E-state index in [9.17, 15) is 0 Å². The molecule has 0 radical (unpaired) electrons. The van der Waals surface area contributed by atoms with Crippen molar-refractivity contribution in [3.05, 3.63) is 12.2 Å². The molecule has 2 unspecified atom stereocenters. The highest BCUT2D eigenvalue weighted by Crippen LogP contribution is 2.21. The molecule has 0 bridgehead atoms. The third-order valence-electron chi connectivity index (χ3n) is 1.61. The summed E-state index contributed by atoms with van der Waals surface area (Å²) < 4.78 is 4.91. The van der Waals surface area contributed by atoms with Gasteiger partial charge in [-0.15, -0.1) is 0 Å². The van der Waals surface area contributed by atoms with Crippen LogP contribution in [0.5, 0.6) is 0 Å². The van der Waals surface area contributed by atoms with E-state index in [1.54, 1.807) is 0 Å². The van der Waals surface area contributed by atoms with Crippen molar-refractivity contribution in [2.75, 3.05) is 0 Å². The lowest BCUT2D eigenvalue weighted by molar-refractivity contribution is -0.191. The number of rotatable bonds is 0. The van der Waals surface area contributed by atoms with Crippen LogP contribution in [0.15, 0.2) is 12.2 Å². The molecule has 0 saturated carbocycles. The molecule has 1 rings (SSSR count). The zero-order valence-corrected chi connectivity index (χ0v) is 5.95. The summed E-state index contributed by atoms with van der Waals surface area (Å²) in [6.07, 6.45) is -1.41. The lowest BCUT2D eigenvalue weighted by atomic mass is 10.0. The van der Waals surface area contributed by atoms with Crippen LogP contribution in [0.1, 0.15) is 13.3 Å². The standard InChI is InChI=1S/C7H12O3/c1-4-3-5(2)10-7(9)6(4)8/h5-9H,1,3H2,2H3/t5?,6-,7?/m1/s1. The summed E-state index contributed by atoms with van der Waals surface area (Å²) >= 11 is 0. The first-order valence-corrected chi connectivity index (χ1v) is 3.30. The molecule has 3 atom stereocenters. The van der Waals surface area contributed by atoms with Crippen molar-refractivity contribution in [1.82, 2.24) is 0 Å². The highest BCUT2D eigenvalue weighted by atomic mass is 16.6. The van der Waals surface area contributed by atoms with Crippen molar-refractivity contribution in [1.29, 1.82) is 0 Å². The van der Waals surface area contributed by atoms with Gasteiger partial charge in [-0.2, -0.15) is 0 Å². The molecule has 0 spiro atoms. The van der Waals surface area contributed by atoms with Gasteiger partial charge in [-0.3, -0.25) is 0 Å². The molecular weight excluding hydrogens is 132 g/mol. The fourth-order valence-corrected chi connectivity index (χ4v) is 1.05. The minimum atomic E-state index is -1.09. The van der Waals surface area contributed by atoms with Gasteiger partial charge in [0.2, 0.25) is 0 Å². The van der Waals surface area contributed by atoms with Crippen LogP contribution in [0.3, 0.4) is 0 Å². The summed E-state index contributed by atoms with van der Waals surface area (Å²) in [5.74, 6) is 0. The van der Waals surface area contributed by atoms with Gasteiger partial charge < -0.3 is 14.9 Å². The second kappa shape index (κ2) is 2.70. The summed E-state index contributed by atoms with van der Waals surface area (Å²) in [5.41, 5.74) is 0.645. The van der Waals surface area contributed by atoms with E-state index in [0.717, 1.165) is 0 Å². The van der Waals surface area contributed by atoms with Crippen LogP contribution in [0, 0.1) is 0 Å². The first kappa shape index (κ1) is 7.72. The van der Waals surface area contributed by atoms with E-state index in [1.807, 2.05) is 6.92 Å². The molecule has 3 heteroatoms.